The molecular formula is C16H23BrClNO2. The van der Waals surface area contributed by atoms with Gasteiger partial charge in [0.15, 0.2) is 0 Å². The van der Waals surface area contributed by atoms with E-state index in [1.165, 1.54) is 0 Å². The molecule has 0 aliphatic rings. The molecule has 5 heteroatoms. The molecule has 1 aromatic rings. The van der Waals surface area contributed by atoms with Crippen molar-refractivity contribution in [2.75, 3.05) is 6.61 Å². The van der Waals surface area contributed by atoms with Gasteiger partial charge in [-0.25, -0.2) is 0 Å². The Labute approximate surface area is 140 Å². The van der Waals surface area contributed by atoms with E-state index >= 15 is 0 Å². The van der Waals surface area contributed by atoms with Crippen molar-refractivity contribution in [3.05, 3.63) is 27.7 Å². The molecule has 0 saturated heterocycles. The molecule has 3 nitrogen and oxygen atoms in total. The maximum Gasteiger partial charge on any atom is 0.223 e. The van der Waals surface area contributed by atoms with Crippen LogP contribution in [0, 0.1) is 0 Å². The first-order valence-corrected chi connectivity index (χ1v) is 8.39. The Morgan fingerprint density at radius 3 is 2.43 bits per heavy atom. The number of benzene rings is 1. The summed E-state index contributed by atoms with van der Waals surface area (Å²) in [5, 5.41) is 0.571. The van der Waals surface area contributed by atoms with Crippen molar-refractivity contribution in [3.8, 4) is 5.75 Å². The molecule has 0 atom stereocenters. The maximum atomic E-state index is 12.2. The van der Waals surface area contributed by atoms with Crippen LogP contribution >= 0.6 is 27.5 Å². The van der Waals surface area contributed by atoms with Crippen LogP contribution in [-0.2, 0) is 4.79 Å². The molecule has 1 rings (SSSR count). The summed E-state index contributed by atoms with van der Waals surface area (Å²) in [5.41, 5.74) is 0. The second-order valence-electron chi connectivity index (χ2n) is 5.52. The molecule has 0 aliphatic carbocycles. The first kappa shape index (κ1) is 18.3. The summed E-state index contributed by atoms with van der Waals surface area (Å²) in [5.74, 6) is 0.822. The summed E-state index contributed by atoms with van der Waals surface area (Å²) < 4.78 is 6.54. The highest BCUT2D eigenvalue weighted by Crippen LogP contribution is 2.27. The molecule has 118 valence electrons. The van der Waals surface area contributed by atoms with E-state index in [4.69, 9.17) is 16.3 Å². The molecule has 0 bridgehead atoms. The van der Waals surface area contributed by atoms with Crippen molar-refractivity contribution in [2.24, 2.45) is 0 Å². The Hall–Kier alpha value is -0.740. The van der Waals surface area contributed by atoms with Crippen molar-refractivity contribution < 1.29 is 9.53 Å². The van der Waals surface area contributed by atoms with Gasteiger partial charge in [0.05, 0.1) is 11.6 Å². The largest absolute Gasteiger partial charge is 0.492 e. The van der Waals surface area contributed by atoms with Gasteiger partial charge < -0.3 is 9.64 Å². The first-order chi connectivity index (χ1) is 9.82. The number of amides is 1. The summed E-state index contributed by atoms with van der Waals surface area (Å²) in [7, 11) is 0. The fourth-order valence-electron chi connectivity index (χ4n) is 2.30. The van der Waals surface area contributed by atoms with Gasteiger partial charge in [-0.2, -0.15) is 0 Å². The Balaban J connectivity index is 2.41. The zero-order chi connectivity index (χ0) is 16.0. The number of ether oxygens (including phenoxy) is 1. The summed E-state index contributed by atoms with van der Waals surface area (Å²) in [6.45, 7) is 8.63. The Bertz CT molecular complexity index is 469. The average molecular weight is 377 g/mol. The highest BCUT2D eigenvalue weighted by Gasteiger charge is 2.19. The monoisotopic (exact) mass is 375 g/mol. The molecule has 0 aromatic heterocycles. The highest BCUT2D eigenvalue weighted by molar-refractivity contribution is 9.10. The lowest BCUT2D eigenvalue weighted by molar-refractivity contribution is -0.135. The molecule has 0 spiro atoms. The second kappa shape index (κ2) is 8.64. The number of hydrogen-bond donors (Lipinski definition) is 0. The lowest BCUT2D eigenvalue weighted by atomic mass is 10.2. The van der Waals surface area contributed by atoms with Gasteiger partial charge in [-0.15, -0.1) is 0 Å². The molecule has 1 amide bonds. The Morgan fingerprint density at radius 1 is 1.29 bits per heavy atom. The van der Waals surface area contributed by atoms with E-state index in [9.17, 15) is 4.79 Å². The van der Waals surface area contributed by atoms with Crippen LogP contribution < -0.4 is 4.74 Å². The predicted molar refractivity (Wildman–Crippen MR) is 91.0 cm³/mol. The molecule has 0 saturated carbocycles. The van der Waals surface area contributed by atoms with Crippen molar-refractivity contribution in [1.29, 1.82) is 0 Å². The fourth-order valence-corrected chi connectivity index (χ4v) is 3.03. The van der Waals surface area contributed by atoms with Crippen molar-refractivity contribution in [3.63, 3.8) is 0 Å². The SMILES string of the molecule is CC(C)N(C(=O)CCCOc1ccc(Br)cc1Cl)C(C)C. The smallest absolute Gasteiger partial charge is 0.223 e. The van der Waals surface area contributed by atoms with Crippen molar-refractivity contribution >= 4 is 33.4 Å². The van der Waals surface area contributed by atoms with E-state index in [2.05, 4.69) is 15.9 Å². The van der Waals surface area contributed by atoms with Crippen molar-refractivity contribution in [2.45, 2.75) is 52.6 Å². The lowest BCUT2D eigenvalue weighted by Crippen LogP contribution is -2.42. The number of hydrogen-bond acceptors (Lipinski definition) is 2. The standard InChI is InChI=1S/C16H23BrClNO2/c1-11(2)19(12(3)4)16(20)6-5-9-21-15-8-7-13(17)10-14(15)18/h7-8,10-12H,5-6,9H2,1-4H3. The number of carbonyl (C=O) groups excluding carboxylic acids is 1. The molecule has 0 aliphatic heterocycles. The molecular weight excluding hydrogens is 354 g/mol. The normalized spacial score (nSPS) is 11.0. The van der Waals surface area contributed by atoms with Crippen LogP contribution in [-0.4, -0.2) is 29.5 Å². The van der Waals surface area contributed by atoms with Crippen LogP contribution in [0.5, 0.6) is 5.75 Å². The zero-order valence-electron chi connectivity index (χ0n) is 13.0. The van der Waals surface area contributed by atoms with Crippen LogP contribution in [0.25, 0.3) is 0 Å². The van der Waals surface area contributed by atoms with Gasteiger partial charge in [0.2, 0.25) is 5.91 Å². The fraction of sp³-hybridized carbons (Fsp3) is 0.562. The summed E-state index contributed by atoms with van der Waals surface area (Å²) >= 11 is 9.42. The highest BCUT2D eigenvalue weighted by atomic mass is 79.9. The predicted octanol–water partition coefficient (Wildman–Crippen LogP) is 4.91. The average Bonchev–Trinajstić information content (AvgIpc) is 2.35. The quantitative estimate of drug-likeness (QED) is 0.633. The minimum absolute atomic E-state index is 0.172. The van der Waals surface area contributed by atoms with Gasteiger partial charge in [0.1, 0.15) is 5.75 Å². The minimum atomic E-state index is 0.172. The summed E-state index contributed by atoms with van der Waals surface area (Å²) in [6.07, 6.45) is 1.17. The number of rotatable bonds is 7. The molecule has 0 heterocycles. The summed E-state index contributed by atoms with van der Waals surface area (Å²) in [6, 6.07) is 5.94. The van der Waals surface area contributed by atoms with Crippen LogP contribution in [0.3, 0.4) is 0 Å². The first-order valence-electron chi connectivity index (χ1n) is 7.22. The van der Waals surface area contributed by atoms with Gasteiger partial charge in [0.25, 0.3) is 0 Å². The third-order valence-corrected chi connectivity index (χ3v) is 3.88. The Morgan fingerprint density at radius 2 is 1.90 bits per heavy atom. The van der Waals surface area contributed by atoms with Crippen molar-refractivity contribution in [1.82, 2.24) is 4.90 Å². The van der Waals surface area contributed by atoms with Crippen LogP contribution in [0.4, 0.5) is 0 Å². The van der Waals surface area contributed by atoms with E-state index in [1.807, 2.05) is 44.7 Å². The van der Waals surface area contributed by atoms with E-state index < -0.39 is 0 Å². The van der Waals surface area contributed by atoms with E-state index in [0.29, 0.717) is 30.2 Å². The molecule has 0 N–H and O–H groups in total. The Kier molecular flexibility index (Phi) is 7.53. The number of carbonyl (C=O) groups is 1. The third-order valence-electron chi connectivity index (χ3n) is 3.09. The van der Waals surface area contributed by atoms with E-state index in [-0.39, 0.29) is 18.0 Å². The summed E-state index contributed by atoms with van der Waals surface area (Å²) in [4.78, 5) is 14.1. The maximum absolute atomic E-state index is 12.2. The van der Waals surface area contributed by atoms with Gasteiger partial charge in [-0.3, -0.25) is 4.79 Å². The molecule has 0 unspecified atom stereocenters. The van der Waals surface area contributed by atoms with Gasteiger partial charge >= 0.3 is 0 Å². The molecule has 1 aromatic carbocycles. The number of nitrogens with zero attached hydrogens (tertiary/aromatic N) is 1. The van der Waals surface area contributed by atoms with Crippen LogP contribution in [0.1, 0.15) is 40.5 Å². The van der Waals surface area contributed by atoms with E-state index in [1.54, 1.807) is 6.07 Å². The number of halogens is 2. The lowest BCUT2D eigenvalue weighted by Gasteiger charge is -2.30. The molecule has 0 radical (unpaired) electrons. The third kappa shape index (κ3) is 5.87. The zero-order valence-corrected chi connectivity index (χ0v) is 15.4. The van der Waals surface area contributed by atoms with Crippen LogP contribution in [0.2, 0.25) is 5.02 Å². The van der Waals surface area contributed by atoms with Gasteiger partial charge in [-0.05, 0) is 52.3 Å². The molecule has 21 heavy (non-hydrogen) atoms. The van der Waals surface area contributed by atoms with Gasteiger partial charge in [-0.1, -0.05) is 27.5 Å². The second-order valence-corrected chi connectivity index (χ2v) is 6.84. The minimum Gasteiger partial charge on any atom is -0.492 e. The van der Waals surface area contributed by atoms with Crippen LogP contribution in [0.15, 0.2) is 22.7 Å². The van der Waals surface area contributed by atoms with E-state index in [0.717, 1.165) is 4.47 Å². The topological polar surface area (TPSA) is 29.5 Å². The molecule has 0 fully saturated rings. The van der Waals surface area contributed by atoms with Gasteiger partial charge in [0, 0.05) is 23.0 Å².